The Hall–Kier alpha value is -1.02. The smallest absolute Gasteiger partial charge is 0.0314 e. The first-order valence-electron chi connectivity index (χ1n) is 6.32. The maximum atomic E-state index is 5.65. The Bertz CT molecular complexity index is 312. The van der Waals surface area contributed by atoms with Crippen LogP contribution in [0.2, 0.25) is 0 Å². The first kappa shape index (κ1) is 11.5. The van der Waals surface area contributed by atoms with Crippen molar-refractivity contribution in [2.45, 2.75) is 38.6 Å². The van der Waals surface area contributed by atoms with Gasteiger partial charge in [-0.05, 0) is 55.8 Å². The van der Waals surface area contributed by atoms with E-state index in [0.29, 0.717) is 0 Å². The maximum Gasteiger partial charge on any atom is 0.0314 e. The maximum absolute atomic E-state index is 5.65. The second-order valence-corrected chi connectivity index (χ2v) is 5.07. The van der Waals surface area contributed by atoms with Crippen molar-refractivity contribution in [3.8, 4) is 0 Å². The van der Waals surface area contributed by atoms with Crippen LogP contribution in [0.3, 0.4) is 0 Å². The summed E-state index contributed by atoms with van der Waals surface area (Å²) in [6.45, 7) is 3.47. The molecule has 1 aliphatic rings. The van der Waals surface area contributed by atoms with Crippen molar-refractivity contribution in [1.29, 1.82) is 0 Å². The quantitative estimate of drug-likeness (QED) is 0.589. The molecule has 2 rings (SSSR count). The van der Waals surface area contributed by atoms with Crippen LogP contribution in [0.4, 0.5) is 5.69 Å². The van der Waals surface area contributed by atoms with Gasteiger partial charge < -0.3 is 11.1 Å². The molecule has 1 aliphatic carbocycles. The Morgan fingerprint density at radius 1 is 1.25 bits per heavy atom. The van der Waals surface area contributed by atoms with E-state index in [1.807, 2.05) is 12.1 Å². The van der Waals surface area contributed by atoms with Crippen molar-refractivity contribution >= 4 is 5.69 Å². The van der Waals surface area contributed by atoms with Gasteiger partial charge in [0.2, 0.25) is 0 Å². The molecule has 1 aromatic rings. The zero-order valence-electron chi connectivity index (χ0n) is 10.1. The molecule has 0 unspecified atom stereocenters. The minimum Gasteiger partial charge on any atom is -0.399 e. The molecule has 1 fully saturated rings. The van der Waals surface area contributed by atoms with E-state index in [0.717, 1.165) is 30.6 Å². The highest BCUT2D eigenvalue weighted by molar-refractivity contribution is 5.39. The van der Waals surface area contributed by atoms with E-state index < -0.39 is 0 Å². The molecule has 1 saturated carbocycles. The Labute approximate surface area is 98.2 Å². The van der Waals surface area contributed by atoms with Crippen LogP contribution < -0.4 is 11.1 Å². The number of rotatable bonds is 5. The van der Waals surface area contributed by atoms with E-state index >= 15 is 0 Å². The molecular formula is C14H22N2. The normalized spacial score (nSPS) is 24.1. The van der Waals surface area contributed by atoms with Gasteiger partial charge in [0, 0.05) is 11.7 Å². The Balaban J connectivity index is 1.59. The highest BCUT2D eigenvalue weighted by atomic mass is 14.9. The van der Waals surface area contributed by atoms with Crippen LogP contribution in [0.25, 0.3) is 0 Å². The zero-order valence-corrected chi connectivity index (χ0v) is 10.1. The number of benzene rings is 1. The SMILES string of the molecule is CC1CC(NCCCc2ccc(N)cc2)C1. The summed E-state index contributed by atoms with van der Waals surface area (Å²) in [6, 6.07) is 9.01. The number of nitrogen functional groups attached to an aromatic ring is 1. The molecule has 2 nitrogen and oxygen atoms in total. The molecule has 3 N–H and O–H groups in total. The molecule has 16 heavy (non-hydrogen) atoms. The lowest BCUT2D eigenvalue weighted by atomic mass is 9.82. The average molecular weight is 218 g/mol. The van der Waals surface area contributed by atoms with E-state index in [9.17, 15) is 0 Å². The van der Waals surface area contributed by atoms with Crippen molar-refractivity contribution in [3.05, 3.63) is 29.8 Å². The summed E-state index contributed by atoms with van der Waals surface area (Å²) in [7, 11) is 0. The molecule has 0 spiro atoms. The van der Waals surface area contributed by atoms with E-state index in [1.165, 1.54) is 24.8 Å². The van der Waals surface area contributed by atoms with Crippen molar-refractivity contribution in [1.82, 2.24) is 5.32 Å². The predicted octanol–water partition coefficient (Wildman–Crippen LogP) is 2.59. The largest absolute Gasteiger partial charge is 0.399 e. The Morgan fingerprint density at radius 3 is 2.56 bits per heavy atom. The molecule has 0 saturated heterocycles. The van der Waals surface area contributed by atoms with Gasteiger partial charge in [0.1, 0.15) is 0 Å². The Morgan fingerprint density at radius 2 is 1.94 bits per heavy atom. The predicted molar refractivity (Wildman–Crippen MR) is 69.4 cm³/mol. The summed E-state index contributed by atoms with van der Waals surface area (Å²) in [5.74, 6) is 0.939. The van der Waals surface area contributed by atoms with Gasteiger partial charge in [0.25, 0.3) is 0 Å². The number of anilines is 1. The zero-order chi connectivity index (χ0) is 11.4. The van der Waals surface area contributed by atoms with E-state index in [2.05, 4.69) is 24.4 Å². The van der Waals surface area contributed by atoms with Gasteiger partial charge in [-0.15, -0.1) is 0 Å². The standard InChI is InChI=1S/C14H22N2/c1-11-9-14(10-11)16-8-2-3-12-4-6-13(15)7-5-12/h4-7,11,14,16H,2-3,8-10,15H2,1H3. The first-order chi connectivity index (χ1) is 7.74. The highest BCUT2D eigenvalue weighted by Crippen LogP contribution is 2.26. The summed E-state index contributed by atoms with van der Waals surface area (Å²) in [5.41, 5.74) is 7.89. The average Bonchev–Trinajstić information content (AvgIpc) is 2.24. The topological polar surface area (TPSA) is 38.0 Å². The molecule has 0 radical (unpaired) electrons. The van der Waals surface area contributed by atoms with Crippen LogP contribution in [0.5, 0.6) is 0 Å². The van der Waals surface area contributed by atoms with Crippen LogP contribution in [0.1, 0.15) is 31.7 Å². The minimum absolute atomic E-state index is 0.793. The van der Waals surface area contributed by atoms with Crippen LogP contribution in [-0.2, 0) is 6.42 Å². The molecule has 0 aliphatic heterocycles. The highest BCUT2D eigenvalue weighted by Gasteiger charge is 2.23. The third-order valence-corrected chi connectivity index (χ3v) is 3.43. The molecule has 1 aromatic carbocycles. The molecule has 0 atom stereocenters. The van der Waals surface area contributed by atoms with Crippen molar-refractivity contribution in [2.24, 2.45) is 5.92 Å². The van der Waals surface area contributed by atoms with Crippen LogP contribution in [-0.4, -0.2) is 12.6 Å². The van der Waals surface area contributed by atoms with E-state index in [1.54, 1.807) is 0 Å². The van der Waals surface area contributed by atoms with Crippen LogP contribution >= 0.6 is 0 Å². The second kappa shape index (κ2) is 5.35. The first-order valence-corrected chi connectivity index (χ1v) is 6.32. The number of nitrogens with one attached hydrogen (secondary N) is 1. The van der Waals surface area contributed by atoms with E-state index in [-0.39, 0.29) is 0 Å². The third kappa shape index (κ3) is 3.24. The number of nitrogens with two attached hydrogens (primary N) is 1. The third-order valence-electron chi connectivity index (χ3n) is 3.43. The van der Waals surface area contributed by atoms with Gasteiger partial charge >= 0.3 is 0 Å². The number of hydrogen-bond donors (Lipinski definition) is 2. The van der Waals surface area contributed by atoms with Crippen molar-refractivity contribution < 1.29 is 0 Å². The van der Waals surface area contributed by atoms with Gasteiger partial charge in [0.15, 0.2) is 0 Å². The van der Waals surface area contributed by atoms with Gasteiger partial charge in [-0.25, -0.2) is 0 Å². The molecule has 0 amide bonds. The molecular weight excluding hydrogens is 196 g/mol. The van der Waals surface area contributed by atoms with Crippen molar-refractivity contribution in [3.63, 3.8) is 0 Å². The van der Waals surface area contributed by atoms with E-state index in [4.69, 9.17) is 5.73 Å². The summed E-state index contributed by atoms with van der Waals surface area (Å²) in [5, 5.41) is 3.61. The molecule has 0 aromatic heterocycles. The molecule has 88 valence electrons. The number of aryl methyl sites for hydroxylation is 1. The molecule has 0 bridgehead atoms. The fourth-order valence-electron chi connectivity index (χ4n) is 2.35. The molecule has 0 heterocycles. The lowest BCUT2D eigenvalue weighted by Crippen LogP contribution is -2.40. The summed E-state index contributed by atoms with van der Waals surface area (Å²) in [4.78, 5) is 0. The summed E-state index contributed by atoms with van der Waals surface area (Å²) in [6.07, 6.45) is 5.09. The van der Waals surface area contributed by atoms with Gasteiger partial charge in [-0.2, -0.15) is 0 Å². The summed E-state index contributed by atoms with van der Waals surface area (Å²) < 4.78 is 0. The number of hydrogen-bond acceptors (Lipinski definition) is 2. The fraction of sp³-hybridized carbons (Fsp3) is 0.571. The van der Waals surface area contributed by atoms with Crippen molar-refractivity contribution in [2.75, 3.05) is 12.3 Å². The van der Waals surface area contributed by atoms with Crippen LogP contribution in [0.15, 0.2) is 24.3 Å². The van der Waals surface area contributed by atoms with Crippen LogP contribution in [0, 0.1) is 5.92 Å². The van der Waals surface area contributed by atoms with Gasteiger partial charge in [-0.3, -0.25) is 0 Å². The molecule has 2 heteroatoms. The van der Waals surface area contributed by atoms with Gasteiger partial charge in [-0.1, -0.05) is 19.1 Å². The lowest BCUT2D eigenvalue weighted by molar-refractivity contribution is 0.242. The fourth-order valence-corrected chi connectivity index (χ4v) is 2.35. The summed E-state index contributed by atoms with van der Waals surface area (Å²) >= 11 is 0. The van der Waals surface area contributed by atoms with Gasteiger partial charge in [0.05, 0.1) is 0 Å². The lowest BCUT2D eigenvalue weighted by Gasteiger charge is -2.33. The minimum atomic E-state index is 0.793. The second-order valence-electron chi connectivity index (χ2n) is 5.07. The Kier molecular flexibility index (Phi) is 3.83. The monoisotopic (exact) mass is 218 g/mol.